The number of carbonyl (C=O) groups excluding carboxylic acids is 4. The largest absolute Gasteiger partial charge is 0.383 e. The molecule has 8 aromatic rings. The van der Waals surface area contributed by atoms with Gasteiger partial charge in [-0.15, -0.1) is 0 Å². The van der Waals surface area contributed by atoms with E-state index in [4.69, 9.17) is 16.2 Å². The number of fused-ring (bicyclic) bond motifs is 2. The van der Waals surface area contributed by atoms with Gasteiger partial charge >= 0.3 is 23.6 Å². The lowest BCUT2D eigenvalue weighted by Crippen LogP contribution is -2.39. The summed E-state index contributed by atoms with van der Waals surface area (Å²) in [6, 6.07) is 28.4. The molecule has 0 spiro atoms. The average Bonchev–Trinajstić information content (AvgIpc) is 4.03. The molecule has 0 aliphatic rings. The fourth-order valence-electron chi connectivity index (χ4n) is 7.62. The minimum absolute atomic E-state index is 0.130. The first kappa shape index (κ1) is 51.5. The second kappa shape index (κ2) is 23.0. The van der Waals surface area contributed by atoms with Crippen molar-refractivity contribution in [1.29, 1.82) is 0 Å². The van der Waals surface area contributed by atoms with Crippen molar-refractivity contribution >= 4 is 76.5 Å². The lowest BCUT2D eigenvalue weighted by molar-refractivity contribution is -0.144. The van der Waals surface area contributed by atoms with Gasteiger partial charge in [-0.05, 0) is 77.5 Å². The van der Waals surface area contributed by atoms with E-state index in [9.17, 15) is 28.0 Å². The SMILES string of the molecule is Cc1cc(F)ccc1CN(Cc1ccccc1)C(=O)C(=O)Nc1cnc(N)c2cn[nH]c12.Cc1cc(F)ccc1CN(Cc1ccccc1)C(=O)C(=O)Nc1cnc(N)c2cnn(COCC[Si](C)(C)C)c12. The van der Waals surface area contributed by atoms with Crippen molar-refractivity contribution in [2.24, 2.45) is 0 Å². The Morgan fingerprint density at radius 1 is 0.667 bits per heavy atom. The number of nitrogens with zero attached hydrogens (tertiary/aromatic N) is 7. The van der Waals surface area contributed by atoms with E-state index >= 15 is 0 Å². The number of carbonyl (C=O) groups is 4. The zero-order valence-corrected chi connectivity index (χ0v) is 41.6. The molecular weight excluding hydrogens is 939 g/mol. The van der Waals surface area contributed by atoms with Crippen LogP contribution in [-0.2, 0) is 56.8 Å². The lowest BCUT2D eigenvalue weighted by atomic mass is 10.1. The molecule has 4 heterocycles. The van der Waals surface area contributed by atoms with Gasteiger partial charge in [0.05, 0.1) is 58.0 Å². The number of nitrogens with one attached hydrogen (secondary N) is 3. The number of ether oxygens (including phenoxy) is 1. The van der Waals surface area contributed by atoms with Crippen molar-refractivity contribution in [3.05, 3.63) is 167 Å². The predicted molar refractivity (Wildman–Crippen MR) is 275 cm³/mol. The number of nitrogen functional groups attached to an aromatic ring is 2. The lowest BCUT2D eigenvalue weighted by Gasteiger charge is -2.23. The highest BCUT2D eigenvalue weighted by Gasteiger charge is 2.27. The van der Waals surface area contributed by atoms with Crippen LogP contribution in [-0.4, -0.2) is 78.1 Å². The molecule has 4 amide bonds. The molecule has 0 aliphatic heterocycles. The number of halogens is 2. The van der Waals surface area contributed by atoms with Gasteiger partial charge in [0.2, 0.25) is 0 Å². The predicted octanol–water partition coefficient (Wildman–Crippen LogP) is 8.10. The number of benzene rings is 4. The first-order chi connectivity index (χ1) is 34.4. The molecule has 0 unspecified atom stereocenters. The molecule has 7 N–H and O–H groups in total. The number of H-pyrrole nitrogens is 1. The molecule has 4 aromatic heterocycles. The van der Waals surface area contributed by atoms with Crippen LogP contribution >= 0.6 is 0 Å². The number of rotatable bonds is 15. The summed E-state index contributed by atoms with van der Waals surface area (Å²) in [6.07, 6.45) is 5.84. The van der Waals surface area contributed by atoms with Crippen LogP contribution in [0.25, 0.3) is 21.8 Å². The molecular formula is C52H56F2N12O5Si. The van der Waals surface area contributed by atoms with E-state index in [0.717, 1.165) is 28.3 Å². The van der Waals surface area contributed by atoms with Gasteiger partial charge in [-0.1, -0.05) is 92.4 Å². The molecule has 0 fully saturated rings. The Morgan fingerprint density at radius 3 is 1.68 bits per heavy atom. The highest BCUT2D eigenvalue weighted by atomic mass is 28.3. The molecule has 4 aromatic carbocycles. The monoisotopic (exact) mass is 994 g/mol. The minimum Gasteiger partial charge on any atom is -0.383 e. The number of aryl methyl sites for hydroxylation is 2. The number of aromatic amines is 1. The fourth-order valence-corrected chi connectivity index (χ4v) is 8.38. The third kappa shape index (κ3) is 13.3. The maximum atomic E-state index is 13.7. The molecule has 0 aliphatic carbocycles. The van der Waals surface area contributed by atoms with Gasteiger partial charge in [0.15, 0.2) is 0 Å². The maximum Gasteiger partial charge on any atom is 0.314 e. The van der Waals surface area contributed by atoms with E-state index in [1.54, 1.807) is 36.9 Å². The van der Waals surface area contributed by atoms with E-state index in [-0.39, 0.29) is 56.2 Å². The molecule has 372 valence electrons. The average molecular weight is 995 g/mol. The van der Waals surface area contributed by atoms with E-state index < -0.39 is 31.7 Å². The van der Waals surface area contributed by atoms with Crippen molar-refractivity contribution in [2.75, 3.05) is 28.7 Å². The van der Waals surface area contributed by atoms with Crippen molar-refractivity contribution < 1.29 is 32.7 Å². The molecule has 0 radical (unpaired) electrons. The summed E-state index contributed by atoms with van der Waals surface area (Å²) < 4.78 is 34.7. The molecule has 0 atom stereocenters. The van der Waals surface area contributed by atoms with Gasteiger partial charge in [0, 0.05) is 40.9 Å². The Bertz CT molecular complexity index is 3220. The number of aromatic nitrogens is 6. The van der Waals surface area contributed by atoms with Crippen LogP contribution in [0.1, 0.15) is 33.4 Å². The van der Waals surface area contributed by atoms with Gasteiger partial charge in [-0.3, -0.25) is 24.3 Å². The molecule has 0 bridgehead atoms. The van der Waals surface area contributed by atoms with Gasteiger partial charge in [0.25, 0.3) is 0 Å². The van der Waals surface area contributed by atoms with Crippen LogP contribution in [0.3, 0.4) is 0 Å². The number of nitrogens with two attached hydrogens (primary N) is 2. The second-order valence-corrected chi connectivity index (χ2v) is 24.0. The maximum absolute atomic E-state index is 13.7. The van der Waals surface area contributed by atoms with Crippen molar-refractivity contribution in [3.63, 3.8) is 0 Å². The second-order valence-electron chi connectivity index (χ2n) is 18.4. The summed E-state index contributed by atoms with van der Waals surface area (Å²) in [5.74, 6) is -3.35. The fraction of sp³-hybridized carbons (Fsp3) is 0.231. The third-order valence-electron chi connectivity index (χ3n) is 11.7. The van der Waals surface area contributed by atoms with Crippen molar-refractivity contribution in [3.8, 4) is 0 Å². The number of amides is 4. The summed E-state index contributed by atoms with van der Waals surface area (Å²) in [7, 11) is -1.26. The van der Waals surface area contributed by atoms with Crippen LogP contribution in [0.5, 0.6) is 0 Å². The van der Waals surface area contributed by atoms with Crippen LogP contribution in [0.2, 0.25) is 25.7 Å². The number of pyridine rings is 2. The molecule has 20 heteroatoms. The minimum atomic E-state index is -1.26. The normalized spacial score (nSPS) is 11.2. The van der Waals surface area contributed by atoms with Gasteiger partial charge in [0.1, 0.15) is 30.0 Å². The quantitative estimate of drug-likeness (QED) is 0.0374. The highest BCUT2D eigenvalue weighted by molar-refractivity contribution is 6.76. The summed E-state index contributed by atoms with van der Waals surface area (Å²) >= 11 is 0. The van der Waals surface area contributed by atoms with Gasteiger partial charge < -0.3 is 36.6 Å². The first-order valence-corrected chi connectivity index (χ1v) is 26.7. The van der Waals surface area contributed by atoms with Crippen LogP contribution in [0, 0.1) is 25.5 Å². The van der Waals surface area contributed by atoms with Crippen LogP contribution in [0.15, 0.2) is 122 Å². The Hall–Kier alpha value is -8.36. The van der Waals surface area contributed by atoms with Crippen molar-refractivity contribution in [1.82, 2.24) is 39.7 Å². The first-order valence-electron chi connectivity index (χ1n) is 23.0. The molecule has 17 nitrogen and oxygen atoms in total. The highest BCUT2D eigenvalue weighted by Crippen LogP contribution is 2.28. The standard InChI is InChI=1S/C29H35FN6O3Si.C23H21FN6O2/c1-20-14-23(30)11-10-22(20)18-35(17-21-8-6-5-7-9-21)29(38)28(37)34-25-16-32-27(31)24-15-33-36(26(24)25)19-39-12-13-40(2,3)4;1-14-9-17(24)8-7-16(14)13-30(12-15-5-3-2-4-6-15)23(32)22(31)28-19-11-26-21(25)18-10-27-29-20(18)19/h5-11,14-16H,12-13,17-19H2,1-4H3,(H2,31,32)(H,34,37);2-11H,12-13H2,1H3,(H2,25,26)(H,27,29)(H,28,31). The Kier molecular flexibility index (Phi) is 16.5. The zero-order valence-electron chi connectivity index (χ0n) is 40.6. The number of hydrogen-bond acceptors (Lipinski definition) is 11. The Labute approximate surface area is 415 Å². The van der Waals surface area contributed by atoms with E-state index in [0.29, 0.717) is 50.9 Å². The molecule has 72 heavy (non-hydrogen) atoms. The van der Waals surface area contributed by atoms with E-state index in [2.05, 4.69) is 55.5 Å². The van der Waals surface area contributed by atoms with Crippen molar-refractivity contribution in [2.45, 2.75) is 72.4 Å². The summed E-state index contributed by atoms with van der Waals surface area (Å²) in [4.78, 5) is 63.9. The van der Waals surface area contributed by atoms with E-state index in [1.807, 2.05) is 60.7 Å². The number of hydrogen-bond donors (Lipinski definition) is 5. The summed E-state index contributed by atoms with van der Waals surface area (Å²) in [5, 5.41) is 17.4. The Balaban J connectivity index is 0.000000216. The summed E-state index contributed by atoms with van der Waals surface area (Å²) in [5.41, 5.74) is 18.1. The van der Waals surface area contributed by atoms with Gasteiger partial charge in [-0.25, -0.2) is 23.4 Å². The summed E-state index contributed by atoms with van der Waals surface area (Å²) in [6.45, 7) is 11.8. The van der Waals surface area contributed by atoms with Crippen LogP contribution < -0.4 is 22.1 Å². The number of anilines is 4. The van der Waals surface area contributed by atoms with Gasteiger partial charge in [-0.2, -0.15) is 10.2 Å². The molecule has 0 saturated carbocycles. The Morgan fingerprint density at radius 2 is 1.17 bits per heavy atom. The molecule has 0 saturated heterocycles. The third-order valence-corrected chi connectivity index (χ3v) is 13.4. The molecule has 8 rings (SSSR count). The zero-order chi connectivity index (χ0) is 51.5. The van der Waals surface area contributed by atoms with Crippen LogP contribution in [0.4, 0.5) is 31.8 Å². The smallest absolute Gasteiger partial charge is 0.314 e. The topological polar surface area (TPSA) is 232 Å². The van der Waals surface area contributed by atoms with E-state index in [1.165, 1.54) is 52.7 Å².